The van der Waals surface area contributed by atoms with Crippen molar-refractivity contribution in [3.05, 3.63) is 35.5 Å². The summed E-state index contributed by atoms with van der Waals surface area (Å²) in [6.45, 7) is 3.74. The number of ether oxygens (including phenoxy) is 1. The molecule has 18 heavy (non-hydrogen) atoms. The van der Waals surface area contributed by atoms with Crippen molar-refractivity contribution < 1.29 is 4.74 Å². The molecular formula is C14H17ClN2O. The Balaban J connectivity index is 1.82. The van der Waals surface area contributed by atoms with Gasteiger partial charge in [0.25, 0.3) is 0 Å². The number of nitrogens with zero attached hydrogens (tertiary/aromatic N) is 2. The highest BCUT2D eigenvalue weighted by Gasteiger charge is 2.18. The summed E-state index contributed by atoms with van der Waals surface area (Å²) in [5.74, 6) is 0. The quantitative estimate of drug-likeness (QED) is 0.830. The first-order valence-electron chi connectivity index (χ1n) is 6.27. The zero-order valence-electron chi connectivity index (χ0n) is 10.5. The van der Waals surface area contributed by atoms with Crippen LogP contribution in [0.25, 0.3) is 10.9 Å². The van der Waals surface area contributed by atoms with E-state index in [4.69, 9.17) is 16.3 Å². The van der Waals surface area contributed by atoms with E-state index < -0.39 is 0 Å². The lowest BCUT2D eigenvalue weighted by Crippen LogP contribution is -2.41. The zero-order chi connectivity index (χ0) is 12.5. The van der Waals surface area contributed by atoms with Crippen molar-refractivity contribution >= 4 is 22.5 Å². The number of hydrogen-bond donors (Lipinski definition) is 0. The van der Waals surface area contributed by atoms with E-state index in [1.54, 1.807) is 0 Å². The molecule has 0 radical (unpaired) electrons. The molecule has 1 aliphatic heterocycles. The normalized spacial score (nSPS) is 21.6. The molecule has 1 aliphatic rings. The van der Waals surface area contributed by atoms with Crippen LogP contribution in [0.2, 0.25) is 5.02 Å². The van der Waals surface area contributed by atoms with E-state index in [2.05, 4.69) is 34.8 Å². The average Bonchev–Trinajstić information content (AvgIpc) is 2.72. The van der Waals surface area contributed by atoms with Crippen molar-refractivity contribution in [2.24, 2.45) is 0 Å². The van der Waals surface area contributed by atoms with Crippen LogP contribution in [0.3, 0.4) is 0 Å². The van der Waals surface area contributed by atoms with Gasteiger partial charge in [-0.1, -0.05) is 11.6 Å². The van der Waals surface area contributed by atoms with Crippen LogP contribution in [0.5, 0.6) is 0 Å². The molecule has 3 rings (SSSR count). The summed E-state index contributed by atoms with van der Waals surface area (Å²) in [5, 5.41) is 1.97. The minimum Gasteiger partial charge on any atom is -0.374 e. The van der Waals surface area contributed by atoms with Gasteiger partial charge < -0.3 is 14.2 Å². The number of halogens is 1. The van der Waals surface area contributed by atoms with Crippen LogP contribution in [0.4, 0.5) is 0 Å². The first kappa shape index (κ1) is 12.0. The van der Waals surface area contributed by atoms with Crippen LogP contribution in [-0.4, -0.2) is 42.3 Å². The largest absolute Gasteiger partial charge is 0.374 e. The maximum Gasteiger partial charge on any atom is 0.0881 e. The Morgan fingerprint density at radius 2 is 2.28 bits per heavy atom. The monoisotopic (exact) mass is 264 g/mol. The topological polar surface area (TPSA) is 17.4 Å². The maximum atomic E-state index is 6.00. The number of morpholine rings is 1. The molecule has 1 unspecified atom stereocenters. The molecule has 0 amide bonds. The highest BCUT2D eigenvalue weighted by atomic mass is 35.5. The number of likely N-dealkylation sites (N-methyl/N-ethyl adjacent to an activating group) is 1. The van der Waals surface area contributed by atoms with Gasteiger partial charge >= 0.3 is 0 Å². The van der Waals surface area contributed by atoms with Gasteiger partial charge in [0.2, 0.25) is 0 Å². The number of aromatic nitrogens is 1. The van der Waals surface area contributed by atoms with Gasteiger partial charge in [-0.25, -0.2) is 0 Å². The molecule has 4 heteroatoms. The molecule has 1 aromatic carbocycles. The second-order valence-corrected chi connectivity index (χ2v) is 5.36. The van der Waals surface area contributed by atoms with E-state index in [9.17, 15) is 0 Å². The van der Waals surface area contributed by atoms with Gasteiger partial charge in [0.15, 0.2) is 0 Å². The summed E-state index contributed by atoms with van der Waals surface area (Å²) in [4.78, 5) is 2.32. The smallest absolute Gasteiger partial charge is 0.0881 e. The molecule has 1 atom stereocenters. The van der Waals surface area contributed by atoms with Crippen molar-refractivity contribution in [3.63, 3.8) is 0 Å². The fraction of sp³-hybridized carbons (Fsp3) is 0.429. The van der Waals surface area contributed by atoms with Crippen LogP contribution in [-0.2, 0) is 11.3 Å². The third kappa shape index (κ3) is 2.39. The first-order valence-corrected chi connectivity index (χ1v) is 6.65. The summed E-state index contributed by atoms with van der Waals surface area (Å²) in [7, 11) is 2.14. The Hall–Kier alpha value is -1.03. The minimum absolute atomic E-state index is 0.273. The van der Waals surface area contributed by atoms with Gasteiger partial charge in [-0.3, -0.25) is 0 Å². The molecule has 2 aromatic rings. The minimum atomic E-state index is 0.273. The number of fused-ring (bicyclic) bond motifs is 1. The second-order valence-electron chi connectivity index (χ2n) is 4.93. The van der Waals surface area contributed by atoms with Gasteiger partial charge in [0.1, 0.15) is 0 Å². The highest BCUT2D eigenvalue weighted by Crippen LogP contribution is 2.21. The Morgan fingerprint density at radius 1 is 1.39 bits per heavy atom. The Morgan fingerprint density at radius 3 is 3.11 bits per heavy atom. The van der Waals surface area contributed by atoms with E-state index in [-0.39, 0.29) is 6.10 Å². The predicted octanol–water partition coefficient (Wildman–Crippen LogP) is 2.63. The molecule has 1 aromatic heterocycles. The van der Waals surface area contributed by atoms with E-state index in [0.29, 0.717) is 0 Å². The third-order valence-electron chi connectivity index (χ3n) is 3.48. The van der Waals surface area contributed by atoms with Crippen LogP contribution in [0.15, 0.2) is 30.5 Å². The van der Waals surface area contributed by atoms with Gasteiger partial charge in [0, 0.05) is 35.2 Å². The number of rotatable bonds is 2. The second kappa shape index (κ2) is 4.92. The fourth-order valence-corrected chi connectivity index (χ4v) is 2.71. The molecular weight excluding hydrogens is 248 g/mol. The molecule has 0 N–H and O–H groups in total. The molecule has 1 saturated heterocycles. The van der Waals surface area contributed by atoms with Crippen LogP contribution < -0.4 is 0 Å². The van der Waals surface area contributed by atoms with Gasteiger partial charge in [-0.05, 0) is 31.3 Å². The molecule has 0 saturated carbocycles. The van der Waals surface area contributed by atoms with Crippen molar-refractivity contribution in [1.29, 1.82) is 0 Å². The summed E-state index contributed by atoms with van der Waals surface area (Å²) >= 11 is 6.00. The maximum absolute atomic E-state index is 6.00. The van der Waals surface area contributed by atoms with Crippen molar-refractivity contribution in [1.82, 2.24) is 9.47 Å². The van der Waals surface area contributed by atoms with Crippen LogP contribution in [0.1, 0.15) is 0 Å². The Bertz CT molecular complexity index is 552. The van der Waals surface area contributed by atoms with Gasteiger partial charge in [0.05, 0.1) is 19.3 Å². The van der Waals surface area contributed by atoms with E-state index >= 15 is 0 Å². The third-order valence-corrected chi connectivity index (χ3v) is 3.71. The van der Waals surface area contributed by atoms with Crippen molar-refractivity contribution in [2.45, 2.75) is 12.6 Å². The highest BCUT2D eigenvalue weighted by molar-refractivity contribution is 6.31. The van der Waals surface area contributed by atoms with Gasteiger partial charge in [-0.2, -0.15) is 0 Å². The van der Waals surface area contributed by atoms with E-state index in [1.807, 2.05) is 12.1 Å². The average molecular weight is 265 g/mol. The van der Waals surface area contributed by atoms with E-state index in [1.165, 1.54) is 10.9 Å². The lowest BCUT2D eigenvalue weighted by molar-refractivity contribution is -0.0269. The molecule has 96 valence electrons. The molecule has 2 heterocycles. The van der Waals surface area contributed by atoms with Crippen molar-refractivity contribution in [3.8, 4) is 0 Å². The summed E-state index contributed by atoms with van der Waals surface area (Å²) in [6.07, 6.45) is 2.38. The zero-order valence-corrected chi connectivity index (χ0v) is 11.2. The number of benzene rings is 1. The Kier molecular flexibility index (Phi) is 3.29. The van der Waals surface area contributed by atoms with Crippen LogP contribution >= 0.6 is 11.6 Å². The molecule has 0 bridgehead atoms. The summed E-state index contributed by atoms with van der Waals surface area (Å²) < 4.78 is 8.05. The summed E-state index contributed by atoms with van der Waals surface area (Å²) in [5.41, 5.74) is 1.22. The lowest BCUT2D eigenvalue weighted by atomic mass is 10.2. The first-order chi connectivity index (χ1) is 8.72. The van der Waals surface area contributed by atoms with Crippen molar-refractivity contribution in [2.75, 3.05) is 26.7 Å². The number of hydrogen-bond acceptors (Lipinski definition) is 2. The molecule has 0 spiro atoms. The van der Waals surface area contributed by atoms with Crippen LogP contribution in [0, 0.1) is 0 Å². The fourth-order valence-electron chi connectivity index (χ4n) is 2.53. The standard InChI is InChI=1S/C14H17ClN2O/c1-16-6-7-18-13(9-16)10-17-5-4-11-8-12(15)2-3-14(11)17/h2-5,8,13H,6-7,9-10H2,1H3. The SMILES string of the molecule is CN1CCOC(Cn2ccc3cc(Cl)ccc32)C1. The van der Waals surface area contributed by atoms with Gasteiger partial charge in [-0.15, -0.1) is 0 Å². The van der Waals surface area contributed by atoms with E-state index in [0.717, 1.165) is 31.3 Å². The predicted molar refractivity (Wildman–Crippen MR) is 74.2 cm³/mol. The summed E-state index contributed by atoms with van der Waals surface area (Å²) in [6, 6.07) is 8.12. The Labute approximate surface area is 112 Å². The molecule has 0 aliphatic carbocycles. The molecule has 3 nitrogen and oxygen atoms in total. The molecule has 1 fully saturated rings. The lowest BCUT2D eigenvalue weighted by Gasteiger charge is -2.30.